The van der Waals surface area contributed by atoms with Gasteiger partial charge in [0.2, 0.25) is 0 Å². The molecule has 0 saturated heterocycles. The monoisotopic (exact) mass is 245 g/mol. The highest BCUT2D eigenvalue weighted by Crippen LogP contribution is 2.34. The SMILES string of the molecule is CNC(CCC(C)C)c1scc(C)c1Cl. The molecule has 0 spiro atoms. The van der Waals surface area contributed by atoms with Gasteiger partial charge in [0.1, 0.15) is 0 Å². The molecule has 86 valence electrons. The van der Waals surface area contributed by atoms with Gasteiger partial charge in [0, 0.05) is 10.9 Å². The molecule has 15 heavy (non-hydrogen) atoms. The molecule has 1 N–H and O–H groups in total. The van der Waals surface area contributed by atoms with Gasteiger partial charge in [-0.2, -0.15) is 0 Å². The molecule has 0 radical (unpaired) electrons. The minimum absolute atomic E-state index is 0.415. The average molecular weight is 246 g/mol. The van der Waals surface area contributed by atoms with Gasteiger partial charge in [0.05, 0.1) is 5.02 Å². The average Bonchev–Trinajstić information content (AvgIpc) is 2.50. The van der Waals surface area contributed by atoms with Crippen molar-refractivity contribution in [3.8, 4) is 0 Å². The van der Waals surface area contributed by atoms with Crippen LogP contribution in [0.5, 0.6) is 0 Å². The third kappa shape index (κ3) is 3.47. The van der Waals surface area contributed by atoms with Crippen LogP contribution in [0.2, 0.25) is 5.02 Å². The molecule has 0 bridgehead atoms. The minimum Gasteiger partial charge on any atom is -0.312 e. The molecule has 0 aliphatic heterocycles. The van der Waals surface area contributed by atoms with Crippen molar-refractivity contribution >= 4 is 22.9 Å². The lowest BCUT2D eigenvalue weighted by Crippen LogP contribution is -2.16. The minimum atomic E-state index is 0.415. The maximum atomic E-state index is 6.27. The molecule has 1 heterocycles. The molecule has 0 aliphatic carbocycles. The number of hydrogen-bond donors (Lipinski definition) is 1. The summed E-state index contributed by atoms with van der Waals surface area (Å²) in [6, 6.07) is 0.415. The quantitative estimate of drug-likeness (QED) is 0.811. The Balaban J connectivity index is 2.70. The normalized spacial score (nSPS) is 13.5. The summed E-state index contributed by atoms with van der Waals surface area (Å²) in [6.07, 6.45) is 2.40. The fraction of sp³-hybridized carbons (Fsp3) is 0.667. The Labute approximate surface area is 102 Å². The Kier molecular flexibility index (Phi) is 5.10. The Hall–Kier alpha value is -0.0500. The number of hydrogen-bond acceptors (Lipinski definition) is 2. The van der Waals surface area contributed by atoms with Gasteiger partial charge in [-0.05, 0) is 43.7 Å². The summed E-state index contributed by atoms with van der Waals surface area (Å²) in [5.41, 5.74) is 1.20. The van der Waals surface area contributed by atoms with Crippen molar-refractivity contribution in [2.24, 2.45) is 5.92 Å². The van der Waals surface area contributed by atoms with E-state index in [4.69, 9.17) is 11.6 Å². The molecule has 0 saturated carbocycles. The van der Waals surface area contributed by atoms with E-state index in [2.05, 4.69) is 31.5 Å². The molecule has 0 aromatic carbocycles. The van der Waals surface area contributed by atoms with Crippen LogP contribution < -0.4 is 5.32 Å². The van der Waals surface area contributed by atoms with Crippen molar-refractivity contribution < 1.29 is 0 Å². The molecule has 0 aliphatic rings. The van der Waals surface area contributed by atoms with E-state index < -0.39 is 0 Å². The van der Waals surface area contributed by atoms with E-state index in [0.717, 1.165) is 17.4 Å². The first-order valence-corrected chi connectivity index (χ1v) is 6.72. The van der Waals surface area contributed by atoms with Crippen LogP contribution in [0, 0.1) is 12.8 Å². The predicted octanol–water partition coefficient (Wildman–Crippen LogP) is 4.41. The molecule has 1 aromatic rings. The topological polar surface area (TPSA) is 12.0 Å². The first kappa shape index (κ1) is 13.0. The first-order valence-electron chi connectivity index (χ1n) is 5.47. The van der Waals surface area contributed by atoms with Gasteiger partial charge in [-0.15, -0.1) is 11.3 Å². The third-order valence-electron chi connectivity index (χ3n) is 2.62. The van der Waals surface area contributed by atoms with Crippen LogP contribution in [0.25, 0.3) is 0 Å². The summed E-state index contributed by atoms with van der Waals surface area (Å²) in [7, 11) is 2.01. The standard InChI is InChI=1S/C12H20ClNS/c1-8(2)5-6-10(14-4)12-11(13)9(3)7-15-12/h7-8,10,14H,5-6H2,1-4H3. The van der Waals surface area contributed by atoms with Crippen LogP contribution in [0.3, 0.4) is 0 Å². The first-order chi connectivity index (χ1) is 7.06. The number of thiophene rings is 1. The lowest BCUT2D eigenvalue weighted by atomic mass is 10.0. The number of aryl methyl sites for hydroxylation is 1. The molecule has 1 aromatic heterocycles. The van der Waals surface area contributed by atoms with E-state index >= 15 is 0 Å². The van der Waals surface area contributed by atoms with Crippen LogP contribution in [-0.4, -0.2) is 7.05 Å². The highest BCUT2D eigenvalue weighted by molar-refractivity contribution is 7.10. The fourth-order valence-corrected chi connectivity index (χ4v) is 3.06. The number of rotatable bonds is 5. The maximum absolute atomic E-state index is 6.27. The predicted molar refractivity (Wildman–Crippen MR) is 69.9 cm³/mol. The van der Waals surface area contributed by atoms with Gasteiger partial charge in [0.25, 0.3) is 0 Å². The lowest BCUT2D eigenvalue weighted by Gasteiger charge is -2.16. The molecule has 3 heteroatoms. The van der Waals surface area contributed by atoms with Gasteiger partial charge in [-0.1, -0.05) is 25.4 Å². The van der Waals surface area contributed by atoms with Gasteiger partial charge < -0.3 is 5.32 Å². The Bertz CT molecular complexity index is 307. The lowest BCUT2D eigenvalue weighted by molar-refractivity contribution is 0.469. The zero-order valence-electron chi connectivity index (χ0n) is 9.93. The van der Waals surface area contributed by atoms with Crippen molar-refractivity contribution in [2.45, 2.75) is 39.7 Å². The van der Waals surface area contributed by atoms with Crippen molar-refractivity contribution in [2.75, 3.05) is 7.05 Å². The van der Waals surface area contributed by atoms with E-state index in [1.54, 1.807) is 11.3 Å². The van der Waals surface area contributed by atoms with E-state index in [1.807, 2.05) is 7.05 Å². The van der Waals surface area contributed by atoms with Crippen LogP contribution in [0.15, 0.2) is 5.38 Å². The van der Waals surface area contributed by atoms with Crippen LogP contribution in [-0.2, 0) is 0 Å². The van der Waals surface area contributed by atoms with E-state index in [1.165, 1.54) is 16.9 Å². The van der Waals surface area contributed by atoms with Crippen LogP contribution in [0.1, 0.15) is 43.2 Å². The summed E-state index contributed by atoms with van der Waals surface area (Å²) in [5, 5.41) is 6.44. The van der Waals surface area contributed by atoms with E-state index in [0.29, 0.717) is 6.04 Å². The van der Waals surface area contributed by atoms with Crippen molar-refractivity contribution in [1.82, 2.24) is 5.32 Å². The van der Waals surface area contributed by atoms with Gasteiger partial charge in [-0.25, -0.2) is 0 Å². The zero-order valence-corrected chi connectivity index (χ0v) is 11.5. The summed E-state index contributed by atoms with van der Waals surface area (Å²) in [4.78, 5) is 1.29. The molecule has 0 amide bonds. The van der Waals surface area contributed by atoms with Crippen molar-refractivity contribution in [3.05, 3.63) is 20.8 Å². The zero-order chi connectivity index (χ0) is 11.4. The summed E-state index contributed by atoms with van der Waals surface area (Å²) in [6.45, 7) is 6.58. The summed E-state index contributed by atoms with van der Waals surface area (Å²) >= 11 is 8.03. The molecule has 1 unspecified atom stereocenters. The second-order valence-corrected chi connectivity index (χ2v) is 5.70. The Morgan fingerprint density at radius 3 is 2.47 bits per heavy atom. The van der Waals surface area contributed by atoms with Crippen LogP contribution in [0.4, 0.5) is 0 Å². The van der Waals surface area contributed by atoms with E-state index in [9.17, 15) is 0 Å². The Morgan fingerprint density at radius 2 is 2.07 bits per heavy atom. The highest BCUT2D eigenvalue weighted by atomic mass is 35.5. The largest absolute Gasteiger partial charge is 0.312 e. The molecular weight excluding hydrogens is 226 g/mol. The molecular formula is C12H20ClNS. The molecule has 1 nitrogen and oxygen atoms in total. The van der Waals surface area contributed by atoms with Crippen molar-refractivity contribution in [3.63, 3.8) is 0 Å². The summed E-state index contributed by atoms with van der Waals surface area (Å²) < 4.78 is 0. The Morgan fingerprint density at radius 1 is 1.40 bits per heavy atom. The molecule has 1 rings (SSSR count). The van der Waals surface area contributed by atoms with E-state index in [-0.39, 0.29) is 0 Å². The third-order valence-corrected chi connectivity index (χ3v) is 4.45. The second kappa shape index (κ2) is 5.88. The molecule has 0 fully saturated rings. The number of halogens is 1. The highest BCUT2D eigenvalue weighted by Gasteiger charge is 2.16. The summed E-state index contributed by atoms with van der Waals surface area (Å²) in [5.74, 6) is 0.751. The van der Waals surface area contributed by atoms with Crippen LogP contribution >= 0.6 is 22.9 Å². The second-order valence-electron chi connectivity index (χ2n) is 4.41. The smallest absolute Gasteiger partial charge is 0.0590 e. The van der Waals surface area contributed by atoms with Gasteiger partial charge in [0.15, 0.2) is 0 Å². The molecule has 1 atom stereocenters. The fourth-order valence-electron chi connectivity index (χ4n) is 1.59. The van der Waals surface area contributed by atoms with Gasteiger partial charge >= 0.3 is 0 Å². The maximum Gasteiger partial charge on any atom is 0.0590 e. The van der Waals surface area contributed by atoms with Crippen molar-refractivity contribution in [1.29, 1.82) is 0 Å². The van der Waals surface area contributed by atoms with Gasteiger partial charge in [-0.3, -0.25) is 0 Å². The number of nitrogens with one attached hydrogen (secondary N) is 1.